The van der Waals surface area contributed by atoms with Crippen molar-refractivity contribution in [3.63, 3.8) is 0 Å². The first-order chi connectivity index (χ1) is 12.5. The van der Waals surface area contributed by atoms with Gasteiger partial charge in [-0.3, -0.25) is 9.88 Å². The van der Waals surface area contributed by atoms with Gasteiger partial charge in [-0.2, -0.15) is 13.2 Å². The van der Waals surface area contributed by atoms with Gasteiger partial charge in [0.05, 0.1) is 24.3 Å². The second-order valence-electron chi connectivity index (χ2n) is 6.95. The first-order valence-corrected chi connectivity index (χ1v) is 9.05. The summed E-state index contributed by atoms with van der Waals surface area (Å²) in [6, 6.07) is 6.22. The zero-order valence-corrected chi connectivity index (χ0v) is 14.5. The number of morpholine rings is 1. The second-order valence-corrected chi connectivity index (χ2v) is 6.95. The number of aromatic nitrogens is 1. The first kappa shape index (κ1) is 17.5. The average molecular weight is 365 g/mol. The summed E-state index contributed by atoms with van der Waals surface area (Å²) in [5.74, 6) is 0. The molecule has 0 aliphatic carbocycles. The molecule has 0 spiro atoms. The standard InChI is InChI=1S/C19H22F3N3O/c20-19(21,22)14-3-4-16-17(12-14)23-6-5-18(16)25-7-1-2-15(13-25)24-8-10-26-11-9-24/h3-6,12,15H,1-2,7-11,13H2. The largest absolute Gasteiger partial charge is 0.416 e. The number of piperidine rings is 1. The highest BCUT2D eigenvalue weighted by atomic mass is 19.4. The number of fused-ring (bicyclic) bond motifs is 1. The number of ether oxygens (including phenoxy) is 1. The van der Waals surface area contributed by atoms with Crippen molar-refractivity contribution < 1.29 is 17.9 Å². The van der Waals surface area contributed by atoms with Gasteiger partial charge in [0.2, 0.25) is 0 Å². The fourth-order valence-corrected chi connectivity index (χ4v) is 4.00. The van der Waals surface area contributed by atoms with Crippen LogP contribution in [0.3, 0.4) is 0 Å². The Hall–Kier alpha value is -1.86. The Morgan fingerprint density at radius 1 is 1.08 bits per heavy atom. The van der Waals surface area contributed by atoms with Gasteiger partial charge in [0.15, 0.2) is 0 Å². The molecule has 0 amide bonds. The third-order valence-corrected chi connectivity index (χ3v) is 5.35. The summed E-state index contributed by atoms with van der Waals surface area (Å²) in [6.07, 6.45) is -0.515. The highest BCUT2D eigenvalue weighted by molar-refractivity contribution is 5.92. The Bertz CT molecular complexity index is 774. The van der Waals surface area contributed by atoms with E-state index in [4.69, 9.17) is 4.74 Å². The lowest BCUT2D eigenvalue weighted by atomic mass is 10.0. The first-order valence-electron chi connectivity index (χ1n) is 9.05. The number of alkyl halides is 3. The van der Waals surface area contributed by atoms with E-state index in [9.17, 15) is 13.2 Å². The van der Waals surface area contributed by atoms with E-state index in [1.807, 2.05) is 6.07 Å². The van der Waals surface area contributed by atoms with Crippen molar-refractivity contribution in [2.75, 3.05) is 44.3 Å². The lowest BCUT2D eigenvalue weighted by Gasteiger charge is -2.42. The minimum Gasteiger partial charge on any atom is -0.379 e. The van der Waals surface area contributed by atoms with Crippen LogP contribution in [0.2, 0.25) is 0 Å². The van der Waals surface area contributed by atoms with Gasteiger partial charge in [0.1, 0.15) is 0 Å². The predicted molar refractivity (Wildman–Crippen MR) is 94.4 cm³/mol. The lowest BCUT2D eigenvalue weighted by molar-refractivity contribution is -0.137. The van der Waals surface area contributed by atoms with Crippen molar-refractivity contribution >= 4 is 16.6 Å². The van der Waals surface area contributed by atoms with Crippen LogP contribution in [0.1, 0.15) is 18.4 Å². The molecule has 2 aromatic rings. The van der Waals surface area contributed by atoms with Gasteiger partial charge in [-0.15, -0.1) is 0 Å². The fourth-order valence-electron chi connectivity index (χ4n) is 4.00. The van der Waals surface area contributed by atoms with Gasteiger partial charge in [0.25, 0.3) is 0 Å². The van der Waals surface area contributed by atoms with Crippen LogP contribution in [-0.4, -0.2) is 55.3 Å². The summed E-state index contributed by atoms with van der Waals surface area (Å²) in [4.78, 5) is 8.93. The Morgan fingerprint density at radius 2 is 1.88 bits per heavy atom. The van der Waals surface area contributed by atoms with Gasteiger partial charge >= 0.3 is 6.18 Å². The minimum absolute atomic E-state index is 0.394. The highest BCUT2D eigenvalue weighted by Gasteiger charge is 2.31. The number of anilines is 1. The topological polar surface area (TPSA) is 28.6 Å². The van der Waals surface area contributed by atoms with Crippen molar-refractivity contribution in [2.24, 2.45) is 0 Å². The molecule has 4 nitrogen and oxygen atoms in total. The number of hydrogen-bond acceptors (Lipinski definition) is 4. The summed E-state index contributed by atoms with van der Waals surface area (Å²) < 4.78 is 44.4. The molecule has 140 valence electrons. The van der Waals surface area contributed by atoms with Crippen LogP contribution in [0, 0.1) is 0 Å². The summed E-state index contributed by atoms with van der Waals surface area (Å²) in [6.45, 7) is 5.25. The normalized spacial score (nSPS) is 22.7. The van der Waals surface area contributed by atoms with E-state index in [2.05, 4.69) is 14.8 Å². The van der Waals surface area contributed by atoms with E-state index in [-0.39, 0.29) is 0 Å². The summed E-state index contributed by atoms with van der Waals surface area (Å²) in [5.41, 5.74) is 0.715. The minimum atomic E-state index is -4.35. The molecule has 2 saturated heterocycles. The van der Waals surface area contributed by atoms with Gasteiger partial charge in [0, 0.05) is 49.5 Å². The van der Waals surface area contributed by atoms with E-state index in [0.29, 0.717) is 11.6 Å². The lowest BCUT2D eigenvalue weighted by Crippen LogP contribution is -2.51. The zero-order chi connectivity index (χ0) is 18.1. The van der Waals surface area contributed by atoms with Gasteiger partial charge < -0.3 is 9.64 Å². The maximum absolute atomic E-state index is 13.0. The Balaban J connectivity index is 1.61. The van der Waals surface area contributed by atoms with Crippen molar-refractivity contribution in [2.45, 2.75) is 25.1 Å². The molecule has 7 heteroatoms. The monoisotopic (exact) mass is 365 g/mol. The Morgan fingerprint density at radius 3 is 2.65 bits per heavy atom. The SMILES string of the molecule is FC(F)(F)c1ccc2c(N3CCCC(N4CCOCC4)C3)ccnc2c1. The number of hydrogen-bond donors (Lipinski definition) is 0. The van der Waals surface area contributed by atoms with Gasteiger partial charge in [-0.05, 0) is 31.0 Å². The summed E-state index contributed by atoms with van der Waals surface area (Å²) in [5, 5.41) is 0.781. The molecule has 1 unspecified atom stereocenters. The molecule has 4 rings (SSSR count). The molecule has 2 aliphatic rings. The molecular formula is C19H22F3N3O. The molecule has 0 radical (unpaired) electrons. The predicted octanol–water partition coefficient (Wildman–Crippen LogP) is 3.55. The van der Waals surface area contributed by atoms with E-state index in [1.54, 1.807) is 12.3 Å². The van der Waals surface area contributed by atoms with Crippen LogP contribution in [-0.2, 0) is 10.9 Å². The Labute approximate surface area is 150 Å². The second kappa shape index (κ2) is 7.04. The molecule has 0 bridgehead atoms. The van der Waals surface area contributed by atoms with Gasteiger partial charge in [-0.25, -0.2) is 0 Å². The van der Waals surface area contributed by atoms with Crippen LogP contribution < -0.4 is 4.90 Å². The van der Waals surface area contributed by atoms with Crippen molar-refractivity contribution in [1.29, 1.82) is 0 Å². The molecule has 1 aromatic heterocycles. The number of rotatable bonds is 2. The molecule has 1 atom stereocenters. The Kier molecular flexibility index (Phi) is 4.75. The molecule has 1 aromatic carbocycles. The summed E-state index contributed by atoms with van der Waals surface area (Å²) in [7, 11) is 0. The van der Waals surface area contributed by atoms with Crippen molar-refractivity contribution in [3.8, 4) is 0 Å². The number of halogens is 3. The molecule has 2 aliphatic heterocycles. The molecule has 0 N–H and O–H groups in total. The summed E-state index contributed by atoms with van der Waals surface area (Å²) >= 11 is 0. The van der Waals surface area contributed by atoms with E-state index in [1.165, 1.54) is 0 Å². The van der Waals surface area contributed by atoms with Crippen LogP contribution in [0.25, 0.3) is 10.9 Å². The number of pyridine rings is 1. The molecule has 3 heterocycles. The van der Waals surface area contributed by atoms with Crippen LogP contribution in [0.4, 0.5) is 18.9 Å². The van der Waals surface area contributed by atoms with E-state index in [0.717, 1.165) is 75.4 Å². The maximum atomic E-state index is 13.0. The smallest absolute Gasteiger partial charge is 0.379 e. The molecule has 2 fully saturated rings. The third kappa shape index (κ3) is 3.50. The quantitative estimate of drug-likeness (QED) is 0.814. The van der Waals surface area contributed by atoms with Crippen molar-refractivity contribution in [1.82, 2.24) is 9.88 Å². The molecule has 0 saturated carbocycles. The fraction of sp³-hybridized carbons (Fsp3) is 0.526. The third-order valence-electron chi connectivity index (χ3n) is 5.35. The molecular weight excluding hydrogens is 343 g/mol. The highest BCUT2D eigenvalue weighted by Crippen LogP contribution is 2.34. The van der Waals surface area contributed by atoms with Crippen LogP contribution in [0.5, 0.6) is 0 Å². The van der Waals surface area contributed by atoms with E-state index < -0.39 is 11.7 Å². The van der Waals surface area contributed by atoms with Gasteiger partial charge in [-0.1, -0.05) is 6.07 Å². The van der Waals surface area contributed by atoms with Crippen LogP contribution in [0.15, 0.2) is 30.5 Å². The number of nitrogens with zero attached hydrogens (tertiary/aromatic N) is 3. The van der Waals surface area contributed by atoms with Crippen molar-refractivity contribution in [3.05, 3.63) is 36.0 Å². The maximum Gasteiger partial charge on any atom is 0.416 e. The average Bonchev–Trinajstić information content (AvgIpc) is 2.67. The number of benzene rings is 1. The van der Waals surface area contributed by atoms with E-state index >= 15 is 0 Å². The van der Waals surface area contributed by atoms with Crippen LogP contribution >= 0.6 is 0 Å². The molecule has 26 heavy (non-hydrogen) atoms. The zero-order valence-electron chi connectivity index (χ0n) is 14.5.